The van der Waals surface area contributed by atoms with Crippen LogP contribution in [0.1, 0.15) is 37.3 Å². The maximum Gasteiger partial charge on any atom is 0.253 e. The number of nitrogens with one attached hydrogen (secondary N) is 1. The van der Waals surface area contributed by atoms with Crippen LogP contribution in [-0.2, 0) is 4.79 Å². The van der Waals surface area contributed by atoms with Gasteiger partial charge in [0, 0.05) is 11.5 Å². The zero-order chi connectivity index (χ0) is 14.5. The van der Waals surface area contributed by atoms with Crippen LogP contribution >= 0.6 is 11.3 Å². The second-order valence-electron chi connectivity index (χ2n) is 4.79. The van der Waals surface area contributed by atoms with Gasteiger partial charge in [0.1, 0.15) is 5.01 Å². The molecule has 0 atom stereocenters. The minimum atomic E-state index is -0.152. The predicted octanol–water partition coefficient (Wildman–Crippen LogP) is 3.70. The largest absolute Gasteiger partial charge is 0.297 e. The van der Waals surface area contributed by atoms with Crippen LogP contribution in [0.4, 0.5) is 5.13 Å². The molecule has 1 heterocycles. The Kier molecular flexibility index (Phi) is 4.63. The van der Waals surface area contributed by atoms with Gasteiger partial charge in [-0.3, -0.25) is 10.1 Å². The number of anilines is 1. The first-order chi connectivity index (χ1) is 9.56. The molecule has 1 amide bonds. The number of amides is 1. The second-order valence-corrected chi connectivity index (χ2v) is 5.80. The monoisotopic (exact) mass is 287 g/mol. The lowest BCUT2D eigenvalue weighted by molar-refractivity contribution is -0.112. The maximum absolute atomic E-state index is 12.1. The van der Waals surface area contributed by atoms with Crippen molar-refractivity contribution >= 4 is 28.5 Å². The molecule has 0 spiro atoms. The van der Waals surface area contributed by atoms with E-state index in [9.17, 15) is 4.79 Å². The minimum Gasteiger partial charge on any atom is -0.297 e. The number of rotatable bonds is 4. The van der Waals surface area contributed by atoms with Gasteiger partial charge in [0.2, 0.25) is 5.13 Å². The van der Waals surface area contributed by atoms with Crippen molar-refractivity contribution in [1.29, 1.82) is 0 Å². The standard InChI is InChI=1S/C15H17N3OS/c1-10(2)14-17-18-15(20-14)16-13(19)11(3)9-12-7-5-4-6-8-12/h4-10H,1-3H3,(H,16,18,19). The molecule has 0 unspecified atom stereocenters. The summed E-state index contributed by atoms with van der Waals surface area (Å²) in [5, 5.41) is 12.3. The van der Waals surface area contributed by atoms with Crippen molar-refractivity contribution in [3.05, 3.63) is 46.5 Å². The summed E-state index contributed by atoms with van der Waals surface area (Å²) in [6.07, 6.45) is 1.85. The van der Waals surface area contributed by atoms with Crippen molar-refractivity contribution in [2.45, 2.75) is 26.7 Å². The van der Waals surface area contributed by atoms with Crippen molar-refractivity contribution in [1.82, 2.24) is 10.2 Å². The molecule has 2 aromatic rings. The molecule has 1 N–H and O–H groups in total. The molecule has 1 aromatic heterocycles. The van der Waals surface area contributed by atoms with Crippen molar-refractivity contribution in [3.8, 4) is 0 Å². The Labute approximate surface area is 122 Å². The molecule has 2 rings (SSSR count). The van der Waals surface area contributed by atoms with E-state index in [0.29, 0.717) is 16.6 Å². The fourth-order valence-electron chi connectivity index (χ4n) is 1.58. The van der Waals surface area contributed by atoms with Crippen molar-refractivity contribution in [2.24, 2.45) is 0 Å². The van der Waals surface area contributed by atoms with Crippen LogP contribution in [0.5, 0.6) is 0 Å². The summed E-state index contributed by atoms with van der Waals surface area (Å²) in [5.41, 5.74) is 1.64. The van der Waals surface area contributed by atoms with Crippen LogP contribution < -0.4 is 5.32 Å². The van der Waals surface area contributed by atoms with E-state index in [1.54, 1.807) is 6.92 Å². The Morgan fingerprint density at radius 3 is 2.55 bits per heavy atom. The second kappa shape index (κ2) is 6.43. The van der Waals surface area contributed by atoms with Gasteiger partial charge in [-0.05, 0) is 18.6 Å². The summed E-state index contributed by atoms with van der Waals surface area (Å²) >= 11 is 1.41. The first-order valence-corrected chi connectivity index (χ1v) is 7.26. The Bertz CT molecular complexity index is 617. The molecule has 20 heavy (non-hydrogen) atoms. The number of carbonyl (C=O) groups excluding carboxylic acids is 1. The molecule has 1 aromatic carbocycles. The average Bonchev–Trinajstić information content (AvgIpc) is 2.88. The van der Waals surface area contributed by atoms with Gasteiger partial charge < -0.3 is 0 Å². The minimum absolute atomic E-state index is 0.152. The van der Waals surface area contributed by atoms with E-state index < -0.39 is 0 Å². The van der Waals surface area contributed by atoms with Crippen LogP contribution in [0, 0.1) is 0 Å². The van der Waals surface area contributed by atoms with Crippen LogP contribution in [-0.4, -0.2) is 16.1 Å². The molecule has 0 saturated heterocycles. The number of nitrogens with zero attached hydrogens (tertiary/aromatic N) is 2. The van der Waals surface area contributed by atoms with Crippen LogP contribution in [0.25, 0.3) is 6.08 Å². The molecule has 0 aliphatic heterocycles. The summed E-state index contributed by atoms with van der Waals surface area (Å²) in [5.74, 6) is 0.166. The summed E-state index contributed by atoms with van der Waals surface area (Å²) in [4.78, 5) is 12.1. The van der Waals surface area contributed by atoms with Gasteiger partial charge in [-0.2, -0.15) is 0 Å². The molecule has 0 radical (unpaired) electrons. The van der Waals surface area contributed by atoms with Gasteiger partial charge in [0.05, 0.1) is 0 Å². The molecule has 0 fully saturated rings. The van der Waals surface area contributed by atoms with Crippen molar-refractivity contribution in [2.75, 3.05) is 5.32 Å². The molecule has 0 aliphatic carbocycles. The smallest absolute Gasteiger partial charge is 0.253 e. The highest BCUT2D eigenvalue weighted by molar-refractivity contribution is 7.15. The molecule has 0 bridgehead atoms. The number of hydrogen-bond donors (Lipinski definition) is 1. The van der Waals surface area contributed by atoms with Crippen LogP contribution in [0.15, 0.2) is 35.9 Å². The average molecular weight is 287 g/mol. The van der Waals surface area contributed by atoms with E-state index in [2.05, 4.69) is 15.5 Å². The summed E-state index contributed by atoms with van der Waals surface area (Å²) in [6, 6.07) is 9.74. The number of carbonyl (C=O) groups is 1. The number of benzene rings is 1. The molecule has 0 aliphatic rings. The Morgan fingerprint density at radius 1 is 1.25 bits per heavy atom. The van der Waals surface area contributed by atoms with Crippen molar-refractivity contribution in [3.63, 3.8) is 0 Å². The lowest BCUT2D eigenvalue weighted by Gasteiger charge is -2.01. The Balaban J connectivity index is 2.05. The van der Waals surface area contributed by atoms with Gasteiger partial charge in [-0.1, -0.05) is 55.5 Å². The molecule has 4 nitrogen and oxygen atoms in total. The first kappa shape index (κ1) is 14.4. The lowest BCUT2D eigenvalue weighted by Crippen LogP contribution is -2.12. The highest BCUT2D eigenvalue weighted by Gasteiger charge is 2.11. The molecule has 0 saturated carbocycles. The summed E-state index contributed by atoms with van der Waals surface area (Å²) in [6.45, 7) is 5.88. The van der Waals surface area contributed by atoms with Gasteiger partial charge >= 0.3 is 0 Å². The normalized spacial score (nSPS) is 11.7. The molecular formula is C15H17N3OS. The summed E-state index contributed by atoms with van der Waals surface area (Å²) < 4.78 is 0. The molecule has 104 valence electrons. The maximum atomic E-state index is 12.1. The van der Waals surface area contributed by atoms with Gasteiger partial charge in [-0.25, -0.2) is 0 Å². The van der Waals surface area contributed by atoms with E-state index in [0.717, 1.165) is 10.6 Å². The van der Waals surface area contributed by atoms with Crippen molar-refractivity contribution < 1.29 is 4.79 Å². The molecular weight excluding hydrogens is 270 g/mol. The van der Waals surface area contributed by atoms with E-state index >= 15 is 0 Å². The van der Waals surface area contributed by atoms with Crippen LogP contribution in [0.2, 0.25) is 0 Å². The fourth-order valence-corrected chi connectivity index (χ4v) is 2.32. The van der Waals surface area contributed by atoms with Gasteiger partial charge in [0.25, 0.3) is 5.91 Å². The zero-order valence-electron chi connectivity index (χ0n) is 11.8. The third kappa shape index (κ3) is 3.74. The number of aromatic nitrogens is 2. The predicted molar refractivity (Wildman–Crippen MR) is 82.7 cm³/mol. The highest BCUT2D eigenvalue weighted by atomic mass is 32.1. The van der Waals surface area contributed by atoms with E-state index in [-0.39, 0.29) is 5.91 Å². The van der Waals surface area contributed by atoms with E-state index in [1.165, 1.54) is 11.3 Å². The van der Waals surface area contributed by atoms with E-state index in [1.807, 2.05) is 50.3 Å². The SMILES string of the molecule is CC(=Cc1ccccc1)C(=O)Nc1nnc(C(C)C)s1. The van der Waals surface area contributed by atoms with Gasteiger partial charge in [0.15, 0.2) is 0 Å². The topological polar surface area (TPSA) is 54.9 Å². The quantitative estimate of drug-likeness (QED) is 0.872. The third-order valence-corrected chi connectivity index (χ3v) is 3.84. The van der Waals surface area contributed by atoms with Gasteiger partial charge in [-0.15, -0.1) is 10.2 Å². The summed E-state index contributed by atoms with van der Waals surface area (Å²) in [7, 11) is 0. The lowest BCUT2D eigenvalue weighted by atomic mass is 10.1. The first-order valence-electron chi connectivity index (χ1n) is 6.44. The van der Waals surface area contributed by atoms with Crippen LogP contribution in [0.3, 0.4) is 0 Å². The molecule has 5 heteroatoms. The third-order valence-electron chi connectivity index (χ3n) is 2.70. The Morgan fingerprint density at radius 2 is 1.95 bits per heavy atom. The zero-order valence-corrected chi connectivity index (χ0v) is 12.6. The highest BCUT2D eigenvalue weighted by Crippen LogP contribution is 2.22. The van der Waals surface area contributed by atoms with E-state index in [4.69, 9.17) is 0 Å². The Hall–Kier alpha value is -2.01. The number of hydrogen-bond acceptors (Lipinski definition) is 4. The fraction of sp³-hybridized carbons (Fsp3) is 0.267.